The average Bonchev–Trinajstić information content (AvgIpc) is 3.01. The van der Waals surface area contributed by atoms with Gasteiger partial charge >= 0.3 is 0 Å². The highest BCUT2D eigenvalue weighted by Crippen LogP contribution is 2.57. The molecule has 0 aromatic heterocycles. The van der Waals surface area contributed by atoms with Gasteiger partial charge in [0.25, 0.3) is 0 Å². The van der Waals surface area contributed by atoms with Crippen molar-refractivity contribution in [3.05, 3.63) is 112 Å². The van der Waals surface area contributed by atoms with E-state index in [9.17, 15) is 0 Å². The van der Waals surface area contributed by atoms with Crippen LogP contribution in [0.4, 0.5) is 17.1 Å². The second-order valence-electron chi connectivity index (χ2n) is 10.0. The summed E-state index contributed by atoms with van der Waals surface area (Å²) in [5.41, 5.74) is 12.0. The first-order chi connectivity index (χ1) is 15.3. The fraction of sp³-hybridized carbons (Fsp3) is 0.200. The van der Waals surface area contributed by atoms with Crippen LogP contribution in [-0.2, 0) is 10.8 Å². The Kier molecular flexibility index (Phi) is 4.08. The second-order valence-corrected chi connectivity index (χ2v) is 11.0. The average molecular weight is 480 g/mol. The number of fused-ring (bicyclic) bond motifs is 5. The van der Waals surface area contributed by atoms with Crippen LogP contribution >= 0.6 is 15.9 Å². The molecule has 1 aliphatic carbocycles. The van der Waals surface area contributed by atoms with E-state index in [0.717, 1.165) is 4.47 Å². The summed E-state index contributed by atoms with van der Waals surface area (Å²) in [6, 6.07) is 31.4. The molecular weight excluding hydrogens is 454 g/mol. The largest absolute Gasteiger partial charge is 0.310 e. The van der Waals surface area contributed by atoms with E-state index >= 15 is 0 Å². The maximum Gasteiger partial charge on any atom is 0.0506 e. The van der Waals surface area contributed by atoms with Crippen LogP contribution in [0.5, 0.6) is 0 Å². The van der Waals surface area contributed by atoms with E-state index in [-0.39, 0.29) is 10.8 Å². The Hall–Kier alpha value is -2.84. The highest BCUT2D eigenvalue weighted by atomic mass is 79.9. The van der Waals surface area contributed by atoms with Crippen molar-refractivity contribution in [3.63, 3.8) is 0 Å². The number of halogens is 1. The zero-order valence-electron chi connectivity index (χ0n) is 18.9. The molecule has 4 aromatic rings. The third-order valence-corrected chi connectivity index (χ3v) is 8.05. The number of hydrogen-bond acceptors (Lipinski definition) is 1. The lowest BCUT2D eigenvalue weighted by molar-refractivity contribution is 0.627. The molecule has 0 spiro atoms. The molecule has 0 N–H and O–H groups in total. The van der Waals surface area contributed by atoms with Crippen molar-refractivity contribution in [2.24, 2.45) is 0 Å². The van der Waals surface area contributed by atoms with Crippen LogP contribution in [0.1, 0.15) is 49.9 Å². The Bertz CT molecular complexity index is 1380. The first kappa shape index (κ1) is 19.8. The van der Waals surface area contributed by atoms with Gasteiger partial charge in [0, 0.05) is 21.0 Å². The van der Waals surface area contributed by atoms with Gasteiger partial charge in [0.05, 0.1) is 11.4 Å². The summed E-state index contributed by atoms with van der Waals surface area (Å²) in [6.45, 7) is 9.44. The lowest BCUT2D eigenvalue weighted by Crippen LogP contribution is -2.31. The Morgan fingerprint density at radius 3 is 1.94 bits per heavy atom. The van der Waals surface area contributed by atoms with Crippen molar-refractivity contribution < 1.29 is 0 Å². The Morgan fingerprint density at radius 1 is 0.562 bits per heavy atom. The van der Waals surface area contributed by atoms with Gasteiger partial charge in [0.2, 0.25) is 0 Å². The van der Waals surface area contributed by atoms with Crippen LogP contribution in [0.25, 0.3) is 11.1 Å². The van der Waals surface area contributed by atoms with Crippen LogP contribution < -0.4 is 4.90 Å². The standard InChI is InChI=1S/C30H26BrN/c1-29(2)23-10-6-5-9-21(23)22-17-26-28(18-25(22)29)32(20-15-13-19(31)14-16-20)27-12-8-7-11-24(27)30(26,3)4/h5-18H,1-4H3. The molecule has 0 bridgehead atoms. The highest BCUT2D eigenvalue weighted by molar-refractivity contribution is 9.10. The van der Waals surface area contributed by atoms with Gasteiger partial charge in [-0.1, -0.05) is 86.1 Å². The minimum Gasteiger partial charge on any atom is -0.310 e. The van der Waals surface area contributed by atoms with E-state index in [1.807, 2.05) is 0 Å². The number of benzene rings is 4. The molecule has 0 atom stereocenters. The number of hydrogen-bond donors (Lipinski definition) is 0. The van der Waals surface area contributed by atoms with E-state index in [0.29, 0.717) is 0 Å². The lowest BCUT2D eigenvalue weighted by Gasteiger charge is -2.43. The number of nitrogens with zero attached hydrogens (tertiary/aromatic N) is 1. The smallest absolute Gasteiger partial charge is 0.0506 e. The normalized spacial score (nSPS) is 16.7. The molecule has 2 heteroatoms. The number of anilines is 3. The van der Waals surface area contributed by atoms with Crippen LogP contribution in [0, 0.1) is 0 Å². The van der Waals surface area contributed by atoms with Crippen molar-refractivity contribution in [1.29, 1.82) is 0 Å². The van der Waals surface area contributed by atoms with Gasteiger partial charge < -0.3 is 4.90 Å². The van der Waals surface area contributed by atoms with Gasteiger partial charge in [-0.25, -0.2) is 0 Å². The summed E-state index contributed by atoms with van der Waals surface area (Å²) in [5.74, 6) is 0. The molecule has 1 heterocycles. The molecule has 1 nitrogen and oxygen atoms in total. The van der Waals surface area contributed by atoms with Crippen molar-refractivity contribution in [1.82, 2.24) is 0 Å². The molecular formula is C30H26BrN. The molecule has 0 unspecified atom stereocenters. The molecule has 0 amide bonds. The van der Waals surface area contributed by atoms with Crippen molar-refractivity contribution in [2.75, 3.05) is 4.90 Å². The summed E-state index contributed by atoms with van der Waals surface area (Å²) in [5, 5.41) is 0. The predicted molar refractivity (Wildman–Crippen MR) is 139 cm³/mol. The minimum atomic E-state index is -0.0888. The molecule has 0 fully saturated rings. The van der Waals surface area contributed by atoms with Gasteiger partial charge in [0.1, 0.15) is 0 Å². The number of rotatable bonds is 1. The molecule has 1 aliphatic heterocycles. The summed E-state index contributed by atoms with van der Waals surface area (Å²) < 4.78 is 1.10. The molecule has 6 rings (SSSR count). The van der Waals surface area contributed by atoms with Crippen LogP contribution in [-0.4, -0.2) is 0 Å². The van der Waals surface area contributed by atoms with E-state index in [1.54, 1.807) is 0 Å². The zero-order chi connectivity index (χ0) is 22.3. The highest BCUT2D eigenvalue weighted by Gasteiger charge is 2.42. The first-order valence-electron chi connectivity index (χ1n) is 11.2. The third kappa shape index (κ3) is 2.56. The Morgan fingerprint density at radius 2 is 1.19 bits per heavy atom. The lowest BCUT2D eigenvalue weighted by atomic mass is 9.72. The van der Waals surface area contributed by atoms with Gasteiger partial charge in [-0.05, 0) is 75.8 Å². The molecule has 0 saturated heterocycles. The van der Waals surface area contributed by atoms with Crippen molar-refractivity contribution in [2.45, 2.75) is 38.5 Å². The molecule has 158 valence electrons. The Balaban J connectivity index is 1.69. The van der Waals surface area contributed by atoms with Gasteiger partial charge in [0.15, 0.2) is 0 Å². The van der Waals surface area contributed by atoms with Gasteiger partial charge in [-0.2, -0.15) is 0 Å². The third-order valence-electron chi connectivity index (χ3n) is 7.52. The molecule has 0 saturated carbocycles. The predicted octanol–water partition coefficient (Wildman–Crippen LogP) is 8.86. The quantitative estimate of drug-likeness (QED) is 0.263. The molecule has 32 heavy (non-hydrogen) atoms. The topological polar surface area (TPSA) is 3.24 Å². The van der Waals surface area contributed by atoms with E-state index < -0.39 is 0 Å². The van der Waals surface area contributed by atoms with E-state index in [1.165, 1.54) is 50.4 Å². The monoisotopic (exact) mass is 479 g/mol. The SMILES string of the molecule is CC1(C)c2ccccc2-c2cc3c(cc21)N(c1ccc(Br)cc1)c1ccccc1C3(C)C. The summed E-state index contributed by atoms with van der Waals surface area (Å²) >= 11 is 3.60. The summed E-state index contributed by atoms with van der Waals surface area (Å²) in [7, 11) is 0. The van der Waals surface area contributed by atoms with Crippen molar-refractivity contribution >= 4 is 33.0 Å². The fourth-order valence-corrected chi connectivity index (χ4v) is 6.03. The number of para-hydroxylation sites is 1. The van der Waals surface area contributed by atoms with E-state index in [4.69, 9.17) is 0 Å². The van der Waals surface area contributed by atoms with Crippen LogP contribution in [0.15, 0.2) is 89.4 Å². The van der Waals surface area contributed by atoms with Crippen LogP contribution in [0.3, 0.4) is 0 Å². The summed E-state index contributed by atoms with van der Waals surface area (Å²) in [4.78, 5) is 2.45. The van der Waals surface area contributed by atoms with Gasteiger partial charge in [-0.3, -0.25) is 0 Å². The Labute approximate surface area is 198 Å². The fourth-order valence-electron chi connectivity index (χ4n) is 5.76. The zero-order valence-corrected chi connectivity index (χ0v) is 20.5. The van der Waals surface area contributed by atoms with E-state index in [2.05, 4.69) is 133 Å². The maximum absolute atomic E-state index is 3.60. The van der Waals surface area contributed by atoms with Crippen molar-refractivity contribution in [3.8, 4) is 11.1 Å². The molecule has 4 aromatic carbocycles. The minimum absolute atomic E-state index is 0.0204. The summed E-state index contributed by atoms with van der Waals surface area (Å²) in [6.07, 6.45) is 0. The van der Waals surface area contributed by atoms with Crippen LogP contribution in [0.2, 0.25) is 0 Å². The molecule has 2 aliphatic rings. The second kappa shape index (κ2) is 6.59. The first-order valence-corrected chi connectivity index (χ1v) is 12.0. The van der Waals surface area contributed by atoms with Gasteiger partial charge in [-0.15, -0.1) is 0 Å². The molecule has 0 radical (unpaired) electrons. The maximum atomic E-state index is 3.60.